The van der Waals surface area contributed by atoms with E-state index in [1.54, 1.807) is 17.0 Å². The van der Waals surface area contributed by atoms with Gasteiger partial charge in [-0.2, -0.15) is 0 Å². The Bertz CT molecular complexity index is 638. The van der Waals surface area contributed by atoms with Gasteiger partial charge in [0.1, 0.15) is 5.76 Å². The smallest absolute Gasteiger partial charge is 0.293 e. The van der Waals surface area contributed by atoms with E-state index in [9.17, 15) is 4.79 Å². The highest BCUT2D eigenvalue weighted by atomic mass is 16.5. The minimum absolute atomic E-state index is 0.0931. The second kappa shape index (κ2) is 5.48. The van der Waals surface area contributed by atoms with Crippen LogP contribution in [0, 0.1) is 13.8 Å². The van der Waals surface area contributed by atoms with E-state index < -0.39 is 0 Å². The number of hydrogen-bond donors (Lipinski definition) is 1. The molecule has 1 N–H and O–H groups in total. The average Bonchev–Trinajstić information content (AvgIpc) is 2.71. The summed E-state index contributed by atoms with van der Waals surface area (Å²) >= 11 is 0. The summed E-state index contributed by atoms with van der Waals surface area (Å²) < 4.78 is 6.80. The van der Waals surface area contributed by atoms with Crippen LogP contribution in [0.5, 0.6) is 0 Å². The van der Waals surface area contributed by atoms with Gasteiger partial charge in [0.2, 0.25) is 0 Å². The molecule has 0 radical (unpaired) electrons. The summed E-state index contributed by atoms with van der Waals surface area (Å²) in [7, 11) is 0. The SMILES string of the molecule is Cc1noc(C)c1C(C)Nc1nccn(C(C)C)c1=O. The Hall–Kier alpha value is -2.11. The predicted molar refractivity (Wildman–Crippen MR) is 76.9 cm³/mol. The van der Waals surface area contributed by atoms with E-state index in [1.807, 2.05) is 34.6 Å². The number of nitrogens with one attached hydrogen (secondary N) is 1. The van der Waals surface area contributed by atoms with Gasteiger partial charge in [-0.15, -0.1) is 0 Å². The van der Waals surface area contributed by atoms with Crippen LogP contribution < -0.4 is 10.9 Å². The van der Waals surface area contributed by atoms with Gasteiger partial charge in [0, 0.05) is 24.0 Å². The fourth-order valence-electron chi connectivity index (χ4n) is 2.32. The van der Waals surface area contributed by atoms with Crippen molar-refractivity contribution in [2.24, 2.45) is 0 Å². The zero-order valence-corrected chi connectivity index (χ0v) is 12.5. The molecule has 0 saturated heterocycles. The minimum atomic E-state index is -0.124. The molecule has 1 atom stereocenters. The van der Waals surface area contributed by atoms with Crippen molar-refractivity contribution in [2.45, 2.75) is 46.7 Å². The summed E-state index contributed by atoms with van der Waals surface area (Å²) in [5, 5.41) is 7.07. The molecule has 2 aromatic heterocycles. The van der Waals surface area contributed by atoms with Crippen molar-refractivity contribution in [3.63, 3.8) is 0 Å². The van der Waals surface area contributed by atoms with E-state index in [4.69, 9.17) is 4.52 Å². The second-order valence-corrected chi connectivity index (χ2v) is 5.19. The summed E-state index contributed by atoms with van der Waals surface area (Å²) in [6.07, 6.45) is 3.32. The lowest BCUT2D eigenvalue weighted by Gasteiger charge is -2.16. The van der Waals surface area contributed by atoms with Crippen molar-refractivity contribution in [1.82, 2.24) is 14.7 Å². The largest absolute Gasteiger partial charge is 0.361 e. The molecule has 0 aliphatic heterocycles. The predicted octanol–water partition coefficient (Wildman–Crippen LogP) is 2.60. The number of hydrogen-bond acceptors (Lipinski definition) is 5. The van der Waals surface area contributed by atoms with Crippen LogP contribution in [-0.2, 0) is 0 Å². The van der Waals surface area contributed by atoms with Gasteiger partial charge >= 0.3 is 0 Å². The van der Waals surface area contributed by atoms with Gasteiger partial charge in [0.05, 0.1) is 11.7 Å². The highest BCUT2D eigenvalue weighted by Gasteiger charge is 2.18. The first kappa shape index (κ1) is 14.3. The summed E-state index contributed by atoms with van der Waals surface area (Å²) in [5.41, 5.74) is 1.66. The standard InChI is InChI=1S/C14H20N4O2/c1-8(2)18-7-6-15-13(14(18)19)16-9(3)12-10(4)17-20-11(12)5/h6-9H,1-5H3,(H,15,16). The van der Waals surface area contributed by atoms with E-state index in [-0.39, 0.29) is 17.6 Å². The molecule has 0 saturated carbocycles. The van der Waals surface area contributed by atoms with E-state index in [2.05, 4.69) is 15.5 Å². The third kappa shape index (κ3) is 2.59. The Morgan fingerprint density at radius 2 is 2.00 bits per heavy atom. The molecule has 6 heteroatoms. The van der Waals surface area contributed by atoms with Gasteiger partial charge in [-0.25, -0.2) is 4.98 Å². The highest BCUT2D eigenvalue weighted by molar-refractivity contribution is 5.37. The average molecular weight is 276 g/mol. The third-order valence-corrected chi connectivity index (χ3v) is 3.30. The number of nitrogens with zero attached hydrogens (tertiary/aromatic N) is 3. The molecular weight excluding hydrogens is 256 g/mol. The molecule has 0 fully saturated rings. The van der Waals surface area contributed by atoms with Crippen LogP contribution in [-0.4, -0.2) is 14.7 Å². The van der Waals surface area contributed by atoms with Gasteiger partial charge in [-0.3, -0.25) is 4.79 Å². The van der Waals surface area contributed by atoms with Gasteiger partial charge in [0.25, 0.3) is 5.56 Å². The fourth-order valence-corrected chi connectivity index (χ4v) is 2.32. The minimum Gasteiger partial charge on any atom is -0.361 e. The molecule has 2 heterocycles. The van der Waals surface area contributed by atoms with E-state index in [1.165, 1.54) is 0 Å². The quantitative estimate of drug-likeness (QED) is 0.929. The molecule has 6 nitrogen and oxygen atoms in total. The molecule has 2 aromatic rings. The zero-order chi connectivity index (χ0) is 14.9. The molecular formula is C14H20N4O2. The Morgan fingerprint density at radius 3 is 2.55 bits per heavy atom. The molecule has 0 aliphatic carbocycles. The van der Waals surface area contributed by atoms with E-state index in [0.717, 1.165) is 17.0 Å². The molecule has 0 aromatic carbocycles. The lowest BCUT2D eigenvalue weighted by molar-refractivity contribution is 0.392. The number of aryl methyl sites for hydroxylation is 2. The topological polar surface area (TPSA) is 73.0 Å². The van der Waals surface area contributed by atoms with E-state index >= 15 is 0 Å². The first-order chi connectivity index (χ1) is 9.41. The van der Waals surface area contributed by atoms with Crippen LogP contribution in [0.25, 0.3) is 0 Å². The summed E-state index contributed by atoms with van der Waals surface area (Å²) in [4.78, 5) is 16.4. The van der Waals surface area contributed by atoms with Crippen molar-refractivity contribution in [1.29, 1.82) is 0 Å². The van der Waals surface area contributed by atoms with Crippen molar-refractivity contribution in [3.8, 4) is 0 Å². The first-order valence-electron chi connectivity index (χ1n) is 6.68. The van der Waals surface area contributed by atoms with Crippen molar-refractivity contribution in [3.05, 3.63) is 39.8 Å². The Kier molecular flexibility index (Phi) is 3.92. The summed E-state index contributed by atoms with van der Waals surface area (Å²) in [6, 6.07) is 0.00452. The van der Waals surface area contributed by atoms with Gasteiger partial charge < -0.3 is 14.4 Å². The Labute approximate surface area is 117 Å². The fraction of sp³-hybridized carbons (Fsp3) is 0.500. The van der Waals surface area contributed by atoms with Crippen molar-refractivity contribution in [2.75, 3.05) is 5.32 Å². The lowest BCUT2D eigenvalue weighted by atomic mass is 10.1. The summed E-state index contributed by atoms with van der Waals surface area (Å²) in [6.45, 7) is 9.62. The molecule has 0 amide bonds. The Balaban J connectivity index is 2.31. The number of anilines is 1. The summed E-state index contributed by atoms with van der Waals surface area (Å²) in [5.74, 6) is 1.09. The number of aromatic nitrogens is 3. The molecule has 0 spiro atoms. The number of rotatable bonds is 4. The molecule has 2 rings (SSSR count). The van der Waals surface area contributed by atoms with Crippen LogP contribution in [0.1, 0.15) is 49.9 Å². The van der Waals surface area contributed by atoms with Gasteiger partial charge in [-0.1, -0.05) is 5.16 Å². The van der Waals surface area contributed by atoms with Crippen LogP contribution in [0.3, 0.4) is 0 Å². The molecule has 108 valence electrons. The van der Waals surface area contributed by atoms with Gasteiger partial charge in [-0.05, 0) is 34.6 Å². The maximum Gasteiger partial charge on any atom is 0.293 e. The Morgan fingerprint density at radius 1 is 1.30 bits per heavy atom. The maximum atomic E-state index is 12.3. The van der Waals surface area contributed by atoms with Crippen LogP contribution in [0.2, 0.25) is 0 Å². The maximum absolute atomic E-state index is 12.3. The van der Waals surface area contributed by atoms with Crippen LogP contribution in [0.4, 0.5) is 5.82 Å². The second-order valence-electron chi connectivity index (χ2n) is 5.19. The molecule has 1 unspecified atom stereocenters. The van der Waals surface area contributed by atoms with E-state index in [0.29, 0.717) is 5.82 Å². The van der Waals surface area contributed by atoms with Crippen molar-refractivity contribution >= 4 is 5.82 Å². The molecule has 0 aliphatic rings. The van der Waals surface area contributed by atoms with Crippen LogP contribution >= 0.6 is 0 Å². The highest BCUT2D eigenvalue weighted by Crippen LogP contribution is 2.23. The molecule has 0 bridgehead atoms. The zero-order valence-electron chi connectivity index (χ0n) is 12.5. The molecule has 20 heavy (non-hydrogen) atoms. The third-order valence-electron chi connectivity index (χ3n) is 3.30. The van der Waals surface area contributed by atoms with Crippen LogP contribution in [0.15, 0.2) is 21.7 Å². The monoisotopic (exact) mass is 276 g/mol. The van der Waals surface area contributed by atoms with Crippen molar-refractivity contribution < 1.29 is 4.52 Å². The lowest BCUT2D eigenvalue weighted by Crippen LogP contribution is -2.26. The van der Waals surface area contributed by atoms with Gasteiger partial charge in [0.15, 0.2) is 5.82 Å². The first-order valence-corrected chi connectivity index (χ1v) is 6.68. The normalized spacial score (nSPS) is 12.7.